The average molecular weight is 452 g/mol. The molecule has 6 nitrogen and oxygen atoms in total. The van der Waals surface area contributed by atoms with Crippen LogP contribution in [-0.4, -0.2) is 49.1 Å². The first-order valence-corrected chi connectivity index (χ1v) is 10.6. The highest BCUT2D eigenvalue weighted by Gasteiger charge is 2.23. The molecule has 2 N–H and O–H groups in total. The maximum atomic E-state index is 12.7. The van der Waals surface area contributed by atoms with Crippen LogP contribution >= 0.6 is 23.2 Å². The smallest absolute Gasteiger partial charge is 0.325 e. The Hall–Kier alpha value is -2.12. The maximum Gasteiger partial charge on any atom is 0.325 e. The first kappa shape index (κ1) is 24.2. The Morgan fingerprint density at radius 1 is 1.00 bits per heavy atom. The molecule has 30 heavy (non-hydrogen) atoms. The van der Waals surface area contributed by atoms with Crippen molar-refractivity contribution in [1.82, 2.24) is 15.8 Å². The number of hydrazine groups is 1. The number of nitrogens with zero attached hydrogens (tertiary/aromatic N) is 1. The second-order valence-electron chi connectivity index (χ2n) is 6.63. The number of halogens is 2. The van der Waals surface area contributed by atoms with E-state index in [1.54, 1.807) is 18.2 Å². The number of benzene rings is 2. The fourth-order valence-corrected chi connectivity index (χ4v) is 3.46. The van der Waals surface area contributed by atoms with Gasteiger partial charge in [-0.2, -0.15) is 0 Å². The number of likely N-dealkylation sites (N-methyl/N-ethyl adjacent to an activating group) is 1. The van der Waals surface area contributed by atoms with Gasteiger partial charge in [-0.1, -0.05) is 73.4 Å². The van der Waals surface area contributed by atoms with E-state index in [4.69, 9.17) is 27.9 Å². The van der Waals surface area contributed by atoms with Crippen LogP contribution in [0.15, 0.2) is 48.5 Å². The highest BCUT2D eigenvalue weighted by atomic mass is 35.5. The number of ether oxygens (including phenoxy) is 1. The predicted octanol–water partition coefficient (Wildman–Crippen LogP) is 3.72. The van der Waals surface area contributed by atoms with E-state index in [-0.39, 0.29) is 22.2 Å². The van der Waals surface area contributed by atoms with Crippen LogP contribution in [0.4, 0.5) is 0 Å². The van der Waals surface area contributed by atoms with Crippen LogP contribution in [0, 0.1) is 0 Å². The van der Waals surface area contributed by atoms with E-state index in [9.17, 15) is 9.59 Å². The highest BCUT2D eigenvalue weighted by Crippen LogP contribution is 2.23. The Morgan fingerprint density at radius 3 is 2.23 bits per heavy atom. The predicted molar refractivity (Wildman–Crippen MR) is 120 cm³/mol. The zero-order chi connectivity index (χ0) is 21.9. The number of carbonyl (C=O) groups excluding carboxylic acids is 2. The van der Waals surface area contributed by atoms with E-state index in [0.717, 1.165) is 18.7 Å². The lowest BCUT2D eigenvalue weighted by molar-refractivity contribution is -0.146. The highest BCUT2D eigenvalue weighted by molar-refractivity contribution is 6.39. The Bertz CT molecular complexity index is 809. The minimum absolute atomic E-state index is 0.140. The van der Waals surface area contributed by atoms with Gasteiger partial charge in [-0.3, -0.25) is 15.0 Å². The summed E-state index contributed by atoms with van der Waals surface area (Å²) in [5, 5.41) is 0.450. The molecule has 0 heterocycles. The number of carbonyl (C=O) groups is 2. The van der Waals surface area contributed by atoms with Crippen LogP contribution in [-0.2, 0) is 16.0 Å². The Balaban J connectivity index is 2.03. The SMILES string of the molecule is CCN(CC)CCOC(=O)[C@H](Cc1ccccc1)NNC(=O)c1c(Cl)cccc1Cl. The lowest BCUT2D eigenvalue weighted by atomic mass is 10.1. The summed E-state index contributed by atoms with van der Waals surface area (Å²) in [4.78, 5) is 27.4. The number of esters is 1. The summed E-state index contributed by atoms with van der Waals surface area (Å²) in [5.74, 6) is -0.976. The third-order valence-electron chi connectivity index (χ3n) is 4.66. The van der Waals surface area contributed by atoms with Gasteiger partial charge in [0.05, 0.1) is 15.6 Å². The molecule has 0 aliphatic rings. The molecule has 0 radical (unpaired) electrons. The number of rotatable bonds is 11. The molecule has 1 amide bonds. The van der Waals surface area contributed by atoms with Crippen LogP contribution < -0.4 is 10.9 Å². The average Bonchev–Trinajstić information content (AvgIpc) is 2.74. The Labute approximate surface area is 187 Å². The molecular weight excluding hydrogens is 425 g/mol. The molecule has 162 valence electrons. The monoisotopic (exact) mass is 451 g/mol. The van der Waals surface area contributed by atoms with E-state index in [1.165, 1.54) is 0 Å². The zero-order valence-electron chi connectivity index (χ0n) is 17.2. The number of hydrogen-bond donors (Lipinski definition) is 2. The van der Waals surface area contributed by atoms with E-state index in [0.29, 0.717) is 13.0 Å². The van der Waals surface area contributed by atoms with Crippen molar-refractivity contribution in [3.63, 3.8) is 0 Å². The van der Waals surface area contributed by atoms with Crippen molar-refractivity contribution in [2.75, 3.05) is 26.2 Å². The van der Waals surface area contributed by atoms with Crippen molar-refractivity contribution >= 4 is 35.1 Å². The summed E-state index contributed by atoms with van der Waals surface area (Å²) < 4.78 is 5.45. The quantitative estimate of drug-likeness (QED) is 0.402. The molecule has 0 saturated heterocycles. The molecule has 2 aromatic rings. The molecule has 0 fully saturated rings. The van der Waals surface area contributed by atoms with Gasteiger partial charge in [0.1, 0.15) is 12.6 Å². The topological polar surface area (TPSA) is 70.7 Å². The van der Waals surface area contributed by atoms with Gasteiger partial charge in [-0.15, -0.1) is 0 Å². The normalized spacial score (nSPS) is 11.9. The maximum absolute atomic E-state index is 12.7. The second-order valence-corrected chi connectivity index (χ2v) is 7.45. The molecule has 0 unspecified atom stereocenters. The fraction of sp³-hybridized carbons (Fsp3) is 0.364. The lowest BCUT2D eigenvalue weighted by Gasteiger charge is -2.21. The zero-order valence-corrected chi connectivity index (χ0v) is 18.7. The van der Waals surface area contributed by atoms with Gasteiger partial charge in [0.15, 0.2) is 0 Å². The number of nitrogens with one attached hydrogen (secondary N) is 2. The number of amides is 1. The van der Waals surface area contributed by atoms with Crippen molar-refractivity contribution < 1.29 is 14.3 Å². The molecular formula is C22H27Cl2N3O3. The Kier molecular flexibility index (Phi) is 10.1. The van der Waals surface area contributed by atoms with E-state index >= 15 is 0 Å². The standard InChI is InChI=1S/C22H27Cl2N3O3/c1-3-27(4-2)13-14-30-22(29)19(15-16-9-6-5-7-10-16)25-26-21(28)20-17(23)11-8-12-18(20)24/h5-12,19,25H,3-4,13-15H2,1-2H3,(H,26,28)/t19-/m0/s1. The van der Waals surface area contributed by atoms with Gasteiger partial charge in [-0.05, 0) is 30.8 Å². The second kappa shape index (κ2) is 12.5. The summed E-state index contributed by atoms with van der Waals surface area (Å²) in [5.41, 5.74) is 6.39. The van der Waals surface area contributed by atoms with Crippen LogP contribution in [0.2, 0.25) is 10.0 Å². The summed E-state index contributed by atoms with van der Waals surface area (Å²) in [7, 11) is 0. The van der Waals surface area contributed by atoms with Crippen molar-refractivity contribution in [2.24, 2.45) is 0 Å². The molecule has 0 aliphatic carbocycles. The molecule has 0 saturated carbocycles. The minimum atomic E-state index is -0.769. The van der Waals surface area contributed by atoms with Crippen LogP contribution in [0.5, 0.6) is 0 Å². The van der Waals surface area contributed by atoms with Crippen molar-refractivity contribution in [1.29, 1.82) is 0 Å². The molecule has 1 atom stereocenters. The van der Waals surface area contributed by atoms with Crippen molar-refractivity contribution in [3.8, 4) is 0 Å². The van der Waals surface area contributed by atoms with Gasteiger partial charge in [0, 0.05) is 13.0 Å². The van der Waals surface area contributed by atoms with E-state index in [1.807, 2.05) is 30.3 Å². The molecule has 0 spiro atoms. The number of hydrogen-bond acceptors (Lipinski definition) is 5. The van der Waals surface area contributed by atoms with Gasteiger partial charge >= 0.3 is 5.97 Å². The lowest BCUT2D eigenvalue weighted by Crippen LogP contribution is -2.50. The van der Waals surface area contributed by atoms with Gasteiger partial charge < -0.3 is 9.64 Å². The summed E-state index contributed by atoms with van der Waals surface area (Å²) in [6.45, 7) is 6.81. The van der Waals surface area contributed by atoms with Crippen molar-refractivity contribution in [2.45, 2.75) is 26.3 Å². The van der Waals surface area contributed by atoms with E-state index < -0.39 is 17.9 Å². The van der Waals surface area contributed by atoms with Crippen LogP contribution in [0.3, 0.4) is 0 Å². The molecule has 8 heteroatoms. The third kappa shape index (κ3) is 7.29. The largest absolute Gasteiger partial charge is 0.463 e. The summed E-state index contributed by atoms with van der Waals surface area (Å²) in [6, 6.07) is 13.5. The van der Waals surface area contributed by atoms with Crippen molar-refractivity contribution in [3.05, 3.63) is 69.7 Å². The molecule has 0 aromatic heterocycles. The summed E-state index contributed by atoms with van der Waals surface area (Å²) >= 11 is 12.2. The Morgan fingerprint density at radius 2 is 1.63 bits per heavy atom. The third-order valence-corrected chi connectivity index (χ3v) is 5.29. The van der Waals surface area contributed by atoms with Gasteiger partial charge in [0.2, 0.25) is 0 Å². The summed E-state index contributed by atoms with van der Waals surface area (Å²) in [6.07, 6.45) is 0.349. The molecule has 2 rings (SSSR count). The van der Waals surface area contributed by atoms with Gasteiger partial charge in [0.25, 0.3) is 5.91 Å². The molecule has 0 aliphatic heterocycles. The van der Waals surface area contributed by atoms with Gasteiger partial charge in [-0.25, -0.2) is 5.43 Å². The fourth-order valence-electron chi connectivity index (χ4n) is 2.89. The van der Waals surface area contributed by atoms with Crippen LogP contribution in [0.1, 0.15) is 29.8 Å². The minimum Gasteiger partial charge on any atom is -0.463 e. The van der Waals surface area contributed by atoms with Crippen LogP contribution in [0.25, 0.3) is 0 Å². The molecule has 2 aromatic carbocycles. The molecule has 0 bridgehead atoms. The first-order valence-electron chi connectivity index (χ1n) is 9.89. The first-order chi connectivity index (χ1) is 14.5. The van der Waals surface area contributed by atoms with E-state index in [2.05, 4.69) is 29.6 Å².